The molecule has 2 rings (SSSR count). The molecule has 0 saturated carbocycles. The average molecular weight is 294 g/mol. The third-order valence-corrected chi connectivity index (χ3v) is 4.43. The molecule has 1 aliphatic heterocycles. The van der Waals surface area contributed by atoms with Crippen molar-refractivity contribution in [2.24, 2.45) is 11.5 Å². The number of aliphatic hydroxyl groups is 2. The Kier molecular flexibility index (Phi) is 5.05. The molecule has 0 amide bonds. The summed E-state index contributed by atoms with van der Waals surface area (Å²) in [5, 5.41) is 18.8. The van der Waals surface area contributed by atoms with Gasteiger partial charge in [0.05, 0.1) is 13.2 Å². The Balaban J connectivity index is 2.36. The standard InChI is InChI=1S/C15H26N4O2/c1-9-6-10(2-3-11(9)16)19-14(12(17)7-20)4-5-15(19)13(18)8-21/h2-3,6,12-15,20-21H,4-5,7-8,16-18H2,1H3. The molecule has 1 aliphatic rings. The van der Waals surface area contributed by atoms with Crippen LogP contribution in [0, 0.1) is 6.92 Å². The number of hydrogen-bond acceptors (Lipinski definition) is 6. The lowest BCUT2D eigenvalue weighted by Gasteiger charge is -2.37. The number of nitrogen functional groups attached to an aromatic ring is 1. The van der Waals surface area contributed by atoms with Gasteiger partial charge in [-0.1, -0.05) is 0 Å². The molecule has 1 aromatic rings. The van der Waals surface area contributed by atoms with Crippen molar-refractivity contribution in [3.05, 3.63) is 23.8 Å². The molecule has 6 nitrogen and oxygen atoms in total. The highest BCUT2D eigenvalue weighted by Gasteiger charge is 2.39. The van der Waals surface area contributed by atoms with E-state index in [4.69, 9.17) is 17.2 Å². The van der Waals surface area contributed by atoms with Crippen molar-refractivity contribution >= 4 is 11.4 Å². The van der Waals surface area contributed by atoms with Crippen LogP contribution in [0.2, 0.25) is 0 Å². The second kappa shape index (κ2) is 6.62. The van der Waals surface area contributed by atoms with Crippen molar-refractivity contribution < 1.29 is 10.2 Å². The molecule has 0 spiro atoms. The van der Waals surface area contributed by atoms with Gasteiger partial charge in [-0.15, -0.1) is 0 Å². The third-order valence-electron chi connectivity index (χ3n) is 4.43. The predicted octanol–water partition coefficient (Wildman–Crippen LogP) is -0.446. The maximum absolute atomic E-state index is 9.39. The fourth-order valence-electron chi connectivity index (χ4n) is 3.15. The molecule has 118 valence electrons. The summed E-state index contributed by atoms with van der Waals surface area (Å²) >= 11 is 0. The lowest BCUT2D eigenvalue weighted by molar-refractivity contribution is 0.239. The molecule has 1 saturated heterocycles. The summed E-state index contributed by atoms with van der Waals surface area (Å²) < 4.78 is 0. The van der Waals surface area contributed by atoms with Crippen LogP contribution in [0.5, 0.6) is 0 Å². The molecule has 8 N–H and O–H groups in total. The molecule has 0 radical (unpaired) electrons. The Morgan fingerprint density at radius 2 is 1.67 bits per heavy atom. The molecule has 0 aliphatic carbocycles. The first-order valence-corrected chi connectivity index (χ1v) is 7.37. The number of hydrogen-bond donors (Lipinski definition) is 5. The van der Waals surface area contributed by atoms with E-state index >= 15 is 0 Å². The Labute approximate surface area is 125 Å². The molecule has 1 aromatic carbocycles. The SMILES string of the molecule is Cc1cc(N2C(C(N)CO)CCC2C(N)CO)ccc1N. The van der Waals surface area contributed by atoms with Crippen LogP contribution >= 0.6 is 0 Å². The number of aliphatic hydroxyl groups excluding tert-OH is 2. The van der Waals surface area contributed by atoms with Crippen LogP contribution in [-0.2, 0) is 0 Å². The van der Waals surface area contributed by atoms with Gasteiger partial charge in [-0.05, 0) is 43.5 Å². The van der Waals surface area contributed by atoms with Gasteiger partial charge in [0.15, 0.2) is 0 Å². The number of nitrogens with zero attached hydrogens (tertiary/aromatic N) is 1. The smallest absolute Gasteiger partial charge is 0.0602 e. The minimum atomic E-state index is -0.334. The van der Waals surface area contributed by atoms with Crippen molar-refractivity contribution in [2.75, 3.05) is 23.8 Å². The fourth-order valence-corrected chi connectivity index (χ4v) is 3.15. The van der Waals surface area contributed by atoms with Crippen molar-refractivity contribution in [1.29, 1.82) is 0 Å². The van der Waals surface area contributed by atoms with Gasteiger partial charge < -0.3 is 32.3 Å². The van der Waals surface area contributed by atoms with E-state index in [1.807, 2.05) is 25.1 Å². The minimum absolute atomic E-state index is 0.0145. The molecule has 4 unspecified atom stereocenters. The van der Waals surface area contributed by atoms with Crippen LogP contribution in [0.1, 0.15) is 18.4 Å². The van der Waals surface area contributed by atoms with Gasteiger partial charge in [-0.3, -0.25) is 0 Å². The van der Waals surface area contributed by atoms with Crippen LogP contribution in [0.3, 0.4) is 0 Å². The second-order valence-electron chi connectivity index (χ2n) is 5.85. The van der Waals surface area contributed by atoms with Crippen LogP contribution < -0.4 is 22.1 Å². The highest BCUT2D eigenvalue weighted by Crippen LogP contribution is 2.34. The maximum Gasteiger partial charge on any atom is 0.0602 e. The summed E-state index contributed by atoms with van der Waals surface area (Å²) in [4.78, 5) is 2.15. The van der Waals surface area contributed by atoms with Crippen LogP contribution in [0.25, 0.3) is 0 Å². The zero-order valence-corrected chi connectivity index (χ0v) is 12.4. The summed E-state index contributed by atoms with van der Waals surface area (Å²) in [5.41, 5.74) is 20.7. The van der Waals surface area contributed by atoms with E-state index in [9.17, 15) is 10.2 Å². The van der Waals surface area contributed by atoms with Crippen molar-refractivity contribution in [1.82, 2.24) is 0 Å². The normalized spacial score (nSPS) is 25.1. The van der Waals surface area contributed by atoms with Gasteiger partial charge in [0.25, 0.3) is 0 Å². The van der Waals surface area contributed by atoms with Crippen molar-refractivity contribution in [2.45, 2.75) is 43.9 Å². The molecule has 1 heterocycles. The van der Waals surface area contributed by atoms with E-state index in [1.54, 1.807) is 0 Å². The first-order chi connectivity index (χ1) is 9.99. The number of nitrogens with two attached hydrogens (primary N) is 3. The predicted molar refractivity (Wildman–Crippen MR) is 85.0 cm³/mol. The van der Waals surface area contributed by atoms with E-state index < -0.39 is 0 Å². The first-order valence-electron chi connectivity index (χ1n) is 7.37. The van der Waals surface area contributed by atoms with Gasteiger partial charge in [-0.2, -0.15) is 0 Å². The first kappa shape index (κ1) is 16.0. The van der Waals surface area contributed by atoms with Crippen LogP contribution in [0.15, 0.2) is 18.2 Å². The molecular weight excluding hydrogens is 268 g/mol. The van der Waals surface area contributed by atoms with Crippen LogP contribution in [0.4, 0.5) is 11.4 Å². The van der Waals surface area contributed by atoms with Gasteiger partial charge in [0.2, 0.25) is 0 Å². The number of aryl methyl sites for hydroxylation is 1. The summed E-state index contributed by atoms with van der Waals surface area (Å²) in [7, 11) is 0. The van der Waals surface area contributed by atoms with E-state index in [0.29, 0.717) is 0 Å². The van der Waals surface area contributed by atoms with Crippen molar-refractivity contribution in [3.8, 4) is 0 Å². The number of anilines is 2. The summed E-state index contributed by atoms with van der Waals surface area (Å²) in [6.45, 7) is 1.81. The minimum Gasteiger partial charge on any atom is -0.399 e. The highest BCUT2D eigenvalue weighted by atomic mass is 16.3. The molecule has 0 aromatic heterocycles. The van der Waals surface area contributed by atoms with Gasteiger partial charge >= 0.3 is 0 Å². The van der Waals surface area contributed by atoms with Gasteiger partial charge in [0, 0.05) is 35.5 Å². The van der Waals surface area contributed by atoms with Crippen molar-refractivity contribution in [3.63, 3.8) is 0 Å². The Morgan fingerprint density at radius 3 is 2.10 bits per heavy atom. The van der Waals surface area contributed by atoms with Gasteiger partial charge in [0.1, 0.15) is 0 Å². The largest absolute Gasteiger partial charge is 0.399 e. The molecule has 0 bridgehead atoms. The van der Waals surface area contributed by atoms with E-state index in [0.717, 1.165) is 29.8 Å². The fraction of sp³-hybridized carbons (Fsp3) is 0.600. The topological polar surface area (TPSA) is 122 Å². The highest BCUT2D eigenvalue weighted by molar-refractivity contribution is 5.60. The molecule has 1 fully saturated rings. The Hall–Kier alpha value is -1.34. The lowest BCUT2D eigenvalue weighted by atomic mass is 10.1. The molecule has 4 atom stereocenters. The summed E-state index contributed by atoms with van der Waals surface area (Å²) in [5.74, 6) is 0. The second-order valence-corrected chi connectivity index (χ2v) is 5.85. The summed E-state index contributed by atoms with van der Waals surface area (Å²) in [6.07, 6.45) is 1.70. The number of rotatable bonds is 5. The third kappa shape index (κ3) is 3.13. The molecule has 6 heteroatoms. The monoisotopic (exact) mass is 294 g/mol. The zero-order chi connectivity index (χ0) is 15.6. The molecule has 21 heavy (non-hydrogen) atoms. The Morgan fingerprint density at radius 1 is 1.14 bits per heavy atom. The van der Waals surface area contributed by atoms with E-state index in [1.165, 1.54) is 0 Å². The maximum atomic E-state index is 9.39. The lowest BCUT2D eigenvalue weighted by Crippen LogP contribution is -2.54. The number of benzene rings is 1. The van der Waals surface area contributed by atoms with E-state index in [-0.39, 0.29) is 37.4 Å². The summed E-state index contributed by atoms with van der Waals surface area (Å²) in [6, 6.07) is 5.18. The van der Waals surface area contributed by atoms with Gasteiger partial charge in [-0.25, -0.2) is 0 Å². The zero-order valence-electron chi connectivity index (χ0n) is 12.4. The van der Waals surface area contributed by atoms with E-state index in [2.05, 4.69) is 4.90 Å². The molecular formula is C15H26N4O2. The van der Waals surface area contributed by atoms with Crippen LogP contribution in [-0.4, -0.2) is 47.6 Å². The Bertz CT molecular complexity index is 465. The average Bonchev–Trinajstić information content (AvgIpc) is 2.93. The quantitative estimate of drug-likeness (QED) is 0.469.